The van der Waals surface area contributed by atoms with E-state index in [-0.39, 0.29) is 17.5 Å². The molecule has 0 fully saturated rings. The fourth-order valence-corrected chi connectivity index (χ4v) is 13.5. The molecule has 2 aromatic heterocycles. The molecule has 13 aromatic rings. The van der Waals surface area contributed by atoms with Crippen LogP contribution in [0.25, 0.3) is 77.2 Å². The molecule has 0 unspecified atom stereocenters. The minimum absolute atomic E-state index is 0.0982. The van der Waals surface area contributed by atoms with Crippen LogP contribution in [0.5, 0.6) is 0 Å². The van der Waals surface area contributed by atoms with Crippen LogP contribution in [0.4, 0.5) is 34.1 Å². The smallest absolute Gasteiger partial charge is 0.252 e. The van der Waals surface area contributed by atoms with E-state index in [9.17, 15) is 0 Å². The van der Waals surface area contributed by atoms with Gasteiger partial charge in [0, 0.05) is 66.8 Å². The monoisotopic (exact) mass is 1010 g/mol. The molecule has 2 aliphatic rings. The van der Waals surface area contributed by atoms with Crippen molar-refractivity contribution < 1.29 is 0 Å². The highest BCUT2D eigenvalue weighted by atomic mass is 15.2. The molecule has 0 aliphatic carbocycles. The van der Waals surface area contributed by atoms with Gasteiger partial charge in [-0.15, -0.1) is 0 Å². The number of aromatic nitrogens is 2. The van der Waals surface area contributed by atoms with Crippen molar-refractivity contribution >= 4 is 101 Å². The summed E-state index contributed by atoms with van der Waals surface area (Å²) in [6.45, 7) is 13.9. The van der Waals surface area contributed by atoms with E-state index in [0.29, 0.717) is 0 Å². The number of benzene rings is 11. The van der Waals surface area contributed by atoms with E-state index in [0.717, 1.165) is 22.7 Å². The van der Waals surface area contributed by atoms with Crippen molar-refractivity contribution in [3.8, 4) is 33.6 Å². The van der Waals surface area contributed by atoms with Gasteiger partial charge in [-0.05, 0) is 110 Å². The van der Waals surface area contributed by atoms with Gasteiger partial charge in [0.05, 0.1) is 33.4 Å². The summed E-state index contributed by atoms with van der Waals surface area (Å²) in [6.07, 6.45) is 0. The van der Waals surface area contributed by atoms with Gasteiger partial charge >= 0.3 is 0 Å². The molecular weight excluding hydrogens is 956 g/mol. The molecule has 79 heavy (non-hydrogen) atoms. The lowest BCUT2D eigenvalue weighted by Crippen LogP contribution is -2.61. The Balaban J connectivity index is 1.05. The maximum atomic E-state index is 2.59. The van der Waals surface area contributed by atoms with Crippen molar-refractivity contribution in [2.45, 2.75) is 52.4 Å². The van der Waals surface area contributed by atoms with Crippen LogP contribution in [0.2, 0.25) is 0 Å². The van der Waals surface area contributed by atoms with E-state index >= 15 is 0 Å². The predicted octanol–water partition coefficient (Wildman–Crippen LogP) is 17.9. The fraction of sp³-hybridized carbons (Fsp3) is 0.108. The zero-order valence-electron chi connectivity index (χ0n) is 45.5. The number of fused-ring (bicyclic) bond motifs is 10. The molecular formula is C74H59BN4. The van der Waals surface area contributed by atoms with Crippen molar-refractivity contribution in [3.05, 3.63) is 260 Å². The molecule has 0 saturated heterocycles. The quantitative estimate of drug-likeness (QED) is 0.154. The Labute approximate surface area is 463 Å². The van der Waals surface area contributed by atoms with Gasteiger partial charge in [0.2, 0.25) is 0 Å². The summed E-state index contributed by atoms with van der Waals surface area (Å²) in [5.74, 6) is 0. The minimum Gasteiger partial charge on any atom is -0.311 e. The molecule has 2 aliphatic heterocycles. The van der Waals surface area contributed by atoms with Crippen LogP contribution in [0, 0.1) is 0 Å². The standard InChI is InChI=1S/C74H59BN4/c1-73(2,3)58-34-21-32-56-54-30-15-19-38-64(54)76(71(56)58)50-42-44-60-68(46-50)78(62-36-17-13-28-52(62)48-24-9-7-10-25-48)66-40-23-41-67-70(66)75(60)61-45-43-51(47-69(61)79(67)63-37-18-14-29-53(63)49-26-11-8-12-27-49)77-65-39-20-16-31-55(65)57-33-22-35-59(72(57)77)74(4,5)6/h7-47H,1-6H3. The highest BCUT2D eigenvalue weighted by Crippen LogP contribution is 2.50. The molecule has 15 rings (SSSR count). The zero-order valence-corrected chi connectivity index (χ0v) is 45.5. The summed E-state index contributed by atoms with van der Waals surface area (Å²) in [4.78, 5) is 5.17. The second-order valence-corrected chi connectivity index (χ2v) is 23.7. The van der Waals surface area contributed by atoms with Crippen LogP contribution in [0.15, 0.2) is 249 Å². The van der Waals surface area contributed by atoms with Crippen molar-refractivity contribution in [1.29, 1.82) is 0 Å². The van der Waals surface area contributed by atoms with E-state index in [1.807, 2.05) is 0 Å². The van der Waals surface area contributed by atoms with Gasteiger partial charge in [-0.1, -0.05) is 230 Å². The largest absolute Gasteiger partial charge is 0.311 e. The Kier molecular flexibility index (Phi) is 10.5. The number of rotatable bonds is 6. The van der Waals surface area contributed by atoms with Crippen molar-refractivity contribution in [3.63, 3.8) is 0 Å². The van der Waals surface area contributed by atoms with Gasteiger partial charge in [0.15, 0.2) is 0 Å². The second-order valence-electron chi connectivity index (χ2n) is 23.7. The number of nitrogens with zero attached hydrogens (tertiary/aromatic N) is 4. The van der Waals surface area contributed by atoms with Gasteiger partial charge in [-0.2, -0.15) is 0 Å². The second kappa shape index (κ2) is 17.6. The van der Waals surface area contributed by atoms with Crippen molar-refractivity contribution in [2.24, 2.45) is 0 Å². The third-order valence-electron chi connectivity index (χ3n) is 16.9. The molecule has 378 valence electrons. The van der Waals surface area contributed by atoms with Crippen LogP contribution in [0.1, 0.15) is 52.7 Å². The lowest BCUT2D eigenvalue weighted by atomic mass is 9.33. The molecule has 0 bridgehead atoms. The Morgan fingerprint density at radius 2 is 0.671 bits per heavy atom. The lowest BCUT2D eigenvalue weighted by Gasteiger charge is -2.45. The number of para-hydroxylation sites is 6. The molecule has 0 radical (unpaired) electrons. The van der Waals surface area contributed by atoms with E-state index in [2.05, 4.69) is 309 Å². The first-order valence-electron chi connectivity index (χ1n) is 27.9. The Hall–Kier alpha value is -9.32. The number of hydrogen-bond acceptors (Lipinski definition) is 2. The van der Waals surface area contributed by atoms with Crippen LogP contribution < -0.4 is 26.2 Å². The van der Waals surface area contributed by atoms with E-state index < -0.39 is 0 Å². The third kappa shape index (κ3) is 7.15. The third-order valence-corrected chi connectivity index (χ3v) is 16.9. The van der Waals surface area contributed by atoms with Gasteiger partial charge in [-0.25, -0.2) is 0 Å². The normalized spacial score (nSPS) is 13.1. The van der Waals surface area contributed by atoms with Gasteiger partial charge in [-0.3, -0.25) is 0 Å². The highest BCUT2D eigenvalue weighted by Gasteiger charge is 2.44. The van der Waals surface area contributed by atoms with E-state index in [1.54, 1.807) is 0 Å². The first-order chi connectivity index (χ1) is 38.5. The van der Waals surface area contributed by atoms with Crippen LogP contribution in [-0.4, -0.2) is 15.8 Å². The highest BCUT2D eigenvalue weighted by molar-refractivity contribution is 7.00. The summed E-state index contributed by atoms with van der Waals surface area (Å²) in [7, 11) is 0. The Morgan fingerprint density at radius 1 is 0.304 bits per heavy atom. The molecule has 0 spiro atoms. The van der Waals surface area contributed by atoms with E-state index in [1.165, 1.54) is 116 Å². The summed E-state index contributed by atoms with van der Waals surface area (Å²) >= 11 is 0. The first kappa shape index (κ1) is 46.9. The Morgan fingerprint density at radius 3 is 1.11 bits per heavy atom. The molecule has 0 amide bonds. The van der Waals surface area contributed by atoms with Crippen LogP contribution >= 0.6 is 0 Å². The maximum Gasteiger partial charge on any atom is 0.252 e. The average Bonchev–Trinajstić information content (AvgIpc) is 4.17. The van der Waals surface area contributed by atoms with Crippen molar-refractivity contribution in [1.82, 2.24) is 9.13 Å². The fourth-order valence-electron chi connectivity index (χ4n) is 13.5. The van der Waals surface area contributed by atoms with Crippen LogP contribution in [-0.2, 0) is 10.8 Å². The summed E-state index contributed by atoms with van der Waals surface area (Å²) in [5, 5.41) is 5.06. The number of anilines is 6. The summed E-state index contributed by atoms with van der Waals surface area (Å²) in [5.41, 5.74) is 25.1. The molecule has 4 heterocycles. The van der Waals surface area contributed by atoms with Crippen LogP contribution in [0.3, 0.4) is 0 Å². The summed E-state index contributed by atoms with van der Waals surface area (Å²) < 4.78 is 5.08. The topological polar surface area (TPSA) is 16.3 Å². The molecule has 4 nitrogen and oxygen atoms in total. The molecule has 11 aromatic carbocycles. The zero-order chi connectivity index (χ0) is 53.3. The molecule has 5 heteroatoms. The molecule has 0 N–H and O–H groups in total. The van der Waals surface area contributed by atoms with Gasteiger partial charge in [0.1, 0.15) is 0 Å². The maximum absolute atomic E-state index is 2.59. The SMILES string of the molecule is CC(C)(C)c1cccc2c3ccccc3n(-c3ccc4c(c3)N(c3ccccc3-c3ccccc3)c3cccc5c3B4c3ccc(-n4c6ccccc6c6cccc(C(C)(C)C)c64)cc3N5c3ccccc3-c3ccccc3)c12. The lowest BCUT2D eigenvalue weighted by molar-refractivity contribution is 0.593. The minimum atomic E-state index is -0.105. The Bertz CT molecular complexity index is 4300. The average molecular weight is 1020 g/mol. The predicted molar refractivity (Wildman–Crippen MR) is 337 cm³/mol. The van der Waals surface area contributed by atoms with Crippen molar-refractivity contribution in [2.75, 3.05) is 9.80 Å². The first-order valence-corrected chi connectivity index (χ1v) is 27.9. The van der Waals surface area contributed by atoms with Gasteiger partial charge in [0.25, 0.3) is 6.71 Å². The summed E-state index contributed by atoms with van der Waals surface area (Å²) in [6, 6.07) is 93.2. The van der Waals surface area contributed by atoms with Gasteiger partial charge < -0.3 is 18.9 Å². The molecule has 0 saturated carbocycles. The number of hydrogen-bond donors (Lipinski definition) is 0. The van der Waals surface area contributed by atoms with E-state index in [4.69, 9.17) is 0 Å². The molecule has 0 atom stereocenters.